The molecule has 0 saturated carbocycles. The molecule has 1 unspecified atom stereocenters. The number of nitrogens with zero attached hydrogens (tertiary/aromatic N) is 3. The van der Waals surface area contributed by atoms with Gasteiger partial charge in [0.05, 0.1) is 6.42 Å². The van der Waals surface area contributed by atoms with E-state index in [0.717, 1.165) is 22.3 Å². The minimum atomic E-state index is -1.43. The molecule has 1 saturated heterocycles. The molecule has 1 aliphatic heterocycles. The van der Waals surface area contributed by atoms with E-state index in [1.54, 1.807) is 0 Å². The van der Waals surface area contributed by atoms with Gasteiger partial charge in [-0.2, -0.15) is 0 Å². The molecule has 1 atom stereocenters. The van der Waals surface area contributed by atoms with Gasteiger partial charge < -0.3 is 9.84 Å². The SMILES string of the molecule is O=C1CC(C(=O)O)N(C(=O)c2nonc2NC(=O)OCC2c3ccccc3-c3ccccc32)N1. The predicted molar refractivity (Wildman–Crippen MR) is 113 cm³/mol. The molecule has 12 nitrogen and oxygen atoms in total. The average molecular weight is 463 g/mol. The summed E-state index contributed by atoms with van der Waals surface area (Å²) in [5.41, 5.74) is 5.86. The van der Waals surface area contributed by atoms with Crippen LogP contribution in [0.15, 0.2) is 53.2 Å². The number of anilines is 1. The van der Waals surface area contributed by atoms with Crippen molar-refractivity contribution < 1.29 is 33.7 Å². The van der Waals surface area contributed by atoms with E-state index in [4.69, 9.17) is 4.74 Å². The fraction of sp³-hybridized carbons (Fsp3) is 0.182. The molecule has 3 aromatic rings. The monoisotopic (exact) mass is 463 g/mol. The summed E-state index contributed by atoms with van der Waals surface area (Å²) in [7, 11) is 0. The Hall–Kier alpha value is -4.74. The highest BCUT2D eigenvalue weighted by atomic mass is 16.6. The number of amides is 3. The zero-order valence-electron chi connectivity index (χ0n) is 17.4. The predicted octanol–water partition coefficient (Wildman–Crippen LogP) is 1.76. The lowest BCUT2D eigenvalue weighted by Gasteiger charge is -2.19. The lowest BCUT2D eigenvalue weighted by molar-refractivity contribution is -0.142. The Bertz CT molecular complexity index is 1270. The average Bonchev–Trinajstić information content (AvgIpc) is 3.53. The number of hydrogen-bond acceptors (Lipinski definition) is 8. The zero-order valence-corrected chi connectivity index (χ0v) is 17.4. The fourth-order valence-electron chi connectivity index (χ4n) is 4.17. The number of carboxylic acid groups (broad SMARTS) is 1. The van der Waals surface area contributed by atoms with Gasteiger partial charge in [0, 0.05) is 5.92 Å². The second-order valence-electron chi connectivity index (χ2n) is 7.68. The van der Waals surface area contributed by atoms with E-state index in [0.29, 0.717) is 5.01 Å². The van der Waals surface area contributed by atoms with E-state index in [2.05, 4.69) is 25.7 Å². The molecule has 1 fully saturated rings. The lowest BCUT2D eigenvalue weighted by atomic mass is 9.98. The van der Waals surface area contributed by atoms with Crippen LogP contribution in [0.2, 0.25) is 0 Å². The summed E-state index contributed by atoms with van der Waals surface area (Å²) in [5, 5.41) is 19.1. The molecular formula is C22H17N5O7. The summed E-state index contributed by atoms with van der Waals surface area (Å²) in [5.74, 6) is -3.58. The number of nitrogens with one attached hydrogen (secondary N) is 2. The Morgan fingerprint density at radius 2 is 1.74 bits per heavy atom. The number of carboxylic acids is 1. The number of carbonyl (C=O) groups excluding carboxylic acids is 3. The first-order valence-electron chi connectivity index (χ1n) is 10.2. The molecule has 3 N–H and O–H groups in total. The molecule has 34 heavy (non-hydrogen) atoms. The lowest BCUT2D eigenvalue weighted by Crippen LogP contribution is -2.46. The Balaban J connectivity index is 1.28. The third kappa shape index (κ3) is 3.60. The normalized spacial score (nSPS) is 16.5. The van der Waals surface area contributed by atoms with E-state index in [9.17, 15) is 24.3 Å². The highest BCUT2D eigenvalue weighted by Crippen LogP contribution is 2.44. The van der Waals surface area contributed by atoms with Gasteiger partial charge in [-0.05, 0) is 32.6 Å². The van der Waals surface area contributed by atoms with Crippen LogP contribution in [0.5, 0.6) is 0 Å². The van der Waals surface area contributed by atoms with Gasteiger partial charge in [0.15, 0.2) is 6.04 Å². The third-order valence-corrected chi connectivity index (χ3v) is 5.69. The van der Waals surface area contributed by atoms with Gasteiger partial charge in [-0.1, -0.05) is 48.5 Å². The van der Waals surface area contributed by atoms with Crippen molar-refractivity contribution in [2.24, 2.45) is 0 Å². The van der Waals surface area contributed by atoms with Crippen molar-refractivity contribution in [2.45, 2.75) is 18.4 Å². The number of hydrogen-bond donors (Lipinski definition) is 3. The second kappa shape index (κ2) is 8.31. The van der Waals surface area contributed by atoms with Gasteiger partial charge in [0.25, 0.3) is 5.91 Å². The molecule has 0 bridgehead atoms. The van der Waals surface area contributed by atoms with Crippen molar-refractivity contribution in [3.8, 4) is 11.1 Å². The van der Waals surface area contributed by atoms with Crippen molar-refractivity contribution in [1.29, 1.82) is 0 Å². The van der Waals surface area contributed by atoms with Gasteiger partial charge in [0.1, 0.15) is 6.61 Å². The number of aliphatic carboxylic acids is 1. The van der Waals surface area contributed by atoms with Gasteiger partial charge in [-0.3, -0.25) is 20.3 Å². The van der Waals surface area contributed by atoms with Crippen molar-refractivity contribution in [3.05, 3.63) is 65.4 Å². The van der Waals surface area contributed by atoms with E-state index >= 15 is 0 Å². The van der Waals surface area contributed by atoms with Crippen LogP contribution in [0.25, 0.3) is 11.1 Å². The number of ether oxygens (including phenoxy) is 1. The number of benzene rings is 2. The number of carbonyl (C=O) groups is 4. The van der Waals surface area contributed by atoms with Crippen molar-refractivity contribution in [2.75, 3.05) is 11.9 Å². The molecule has 3 amide bonds. The fourth-order valence-corrected chi connectivity index (χ4v) is 4.17. The van der Waals surface area contributed by atoms with Gasteiger partial charge in [0.2, 0.25) is 17.4 Å². The van der Waals surface area contributed by atoms with E-state index in [-0.39, 0.29) is 18.3 Å². The number of aromatic nitrogens is 2. The molecule has 2 aromatic carbocycles. The van der Waals surface area contributed by atoms with Crippen LogP contribution >= 0.6 is 0 Å². The number of hydrazine groups is 1. The van der Waals surface area contributed by atoms with Crippen LogP contribution in [0, 0.1) is 0 Å². The van der Waals surface area contributed by atoms with Crippen LogP contribution in [0.4, 0.5) is 10.6 Å². The minimum absolute atomic E-state index is 0.0255. The Morgan fingerprint density at radius 1 is 1.09 bits per heavy atom. The minimum Gasteiger partial charge on any atom is -0.480 e. The van der Waals surface area contributed by atoms with Crippen LogP contribution < -0.4 is 10.7 Å². The van der Waals surface area contributed by atoms with Crippen LogP contribution in [-0.4, -0.2) is 57.0 Å². The number of rotatable bonds is 5. The largest absolute Gasteiger partial charge is 0.480 e. The smallest absolute Gasteiger partial charge is 0.412 e. The molecule has 172 valence electrons. The quantitative estimate of drug-likeness (QED) is 0.511. The summed E-state index contributed by atoms with van der Waals surface area (Å²) < 4.78 is 9.94. The topological polar surface area (TPSA) is 164 Å². The summed E-state index contributed by atoms with van der Waals surface area (Å²) >= 11 is 0. The third-order valence-electron chi connectivity index (χ3n) is 5.69. The highest BCUT2D eigenvalue weighted by molar-refractivity contribution is 6.03. The molecule has 1 aromatic heterocycles. The summed E-state index contributed by atoms with van der Waals surface area (Å²) in [6, 6.07) is 14.3. The molecule has 12 heteroatoms. The van der Waals surface area contributed by atoms with Gasteiger partial charge in [-0.25, -0.2) is 19.2 Å². The Kier molecular flexibility index (Phi) is 5.17. The molecular weight excluding hydrogens is 446 g/mol. The van der Waals surface area contributed by atoms with Crippen molar-refractivity contribution in [1.82, 2.24) is 20.7 Å². The van der Waals surface area contributed by atoms with E-state index in [1.807, 2.05) is 48.5 Å². The van der Waals surface area contributed by atoms with Crippen LogP contribution in [0.3, 0.4) is 0 Å². The van der Waals surface area contributed by atoms with E-state index in [1.165, 1.54) is 0 Å². The number of fused-ring (bicyclic) bond motifs is 3. The summed E-state index contributed by atoms with van der Waals surface area (Å²) in [4.78, 5) is 48.1. The molecule has 5 rings (SSSR count). The first-order valence-corrected chi connectivity index (χ1v) is 10.2. The molecule has 1 aliphatic carbocycles. The summed E-state index contributed by atoms with van der Waals surface area (Å²) in [6.45, 7) is 0.0255. The Morgan fingerprint density at radius 3 is 2.38 bits per heavy atom. The molecule has 0 radical (unpaired) electrons. The van der Waals surface area contributed by atoms with Crippen molar-refractivity contribution in [3.63, 3.8) is 0 Å². The van der Waals surface area contributed by atoms with Crippen LogP contribution in [-0.2, 0) is 14.3 Å². The maximum absolute atomic E-state index is 12.7. The molecule has 2 heterocycles. The standard InChI is InChI=1S/C22H17N5O7/c28-17-9-16(21(30)31)27(24-17)20(29)18-19(26-34-25-18)23-22(32)33-10-15-13-7-3-1-5-11(13)12-6-2-4-8-14(12)15/h1-8,15-16H,9-10H2,(H,24,28)(H,30,31)(H,23,26,32). The van der Waals surface area contributed by atoms with E-state index < -0.39 is 42.0 Å². The molecule has 2 aliphatic rings. The second-order valence-corrected chi connectivity index (χ2v) is 7.68. The summed E-state index contributed by atoms with van der Waals surface area (Å²) in [6.07, 6.45) is -1.33. The van der Waals surface area contributed by atoms with Gasteiger partial charge in [-0.15, -0.1) is 0 Å². The molecule has 0 spiro atoms. The first kappa shape index (κ1) is 21.1. The van der Waals surface area contributed by atoms with Crippen LogP contribution in [0.1, 0.15) is 34.0 Å². The van der Waals surface area contributed by atoms with Crippen molar-refractivity contribution >= 4 is 29.7 Å². The van der Waals surface area contributed by atoms with Gasteiger partial charge >= 0.3 is 12.1 Å². The zero-order chi connectivity index (χ0) is 23.8. The maximum atomic E-state index is 12.7. The highest BCUT2D eigenvalue weighted by Gasteiger charge is 2.41. The first-order chi connectivity index (χ1) is 16.4. The maximum Gasteiger partial charge on any atom is 0.412 e. The Labute approximate surface area is 191 Å².